The highest BCUT2D eigenvalue weighted by atomic mass is 32.1. The van der Waals surface area contributed by atoms with Crippen molar-refractivity contribution < 1.29 is 28.4 Å². The van der Waals surface area contributed by atoms with Crippen LogP contribution in [0.1, 0.15) is 46.5 Å². The van der Waals surface area contributed by atoms with E-state index in [0.717, 1.165) is 25.7 Å². The van der Waals surface area contributed by atoms with Gasteiger partial charge < -0.3 is 19.5 Å². The largest absolute Gasteiger partial charge is 0.468 e. The van der Waals surface area contributed by atoms with E-state index in [2.05, 4.69) is 12.2 Å². The molecule has 4 saturated heterocycles. The number of thiocarbonyl (C=S) groups is 1. The van der Waals surface area contributed by atoms with Gasteiger partial charge in [0.1, 0.15) is 18.0 Å². The van der Waals surface area contributed by atoms with E-state index in [9.17, 15) is 4.39 Å². The zero-order chi connectivity index (χ0) is 21.1. The van der Waals surface area contributed by atoms with Crippen LogP contribution in [-0.2, 0) is 24.0 Å². The van der Waals surface area contributed by atoms with Gasteiger partial charge in [0.2, 0.25) is 5.79 Å². The third kappa shape index (κ3) is 3.15. The van der Waals surface area contributed by atoms with Crippen LogP contribution in [0.4, 0.5) is 10.1 Å². The van der Waals surface area contributed by atoms with E-state index in [4.69, 9.17) is 36.2 Å². The van der Waals surface area contributed by atoms with E-state index < -0.39 is 23.3 Å². The van der Waals surface area contributed by atoms with Crippen LogP contribution in [0.3, 0.4) is 0 Å². The third-order valence-electron chi connectivity index (χ3n) is 7.41. The average molecular weight is 438 g/mol. The Hall–Kier alpha value is -1.32. The lowest BCUT2D eigenvalue weighted by Gasteiger charge is -2.50. The Bertz CT molecular complexity index is 839. The highest BCUT2D eigenvalue weighted by molar-refractivity contribution is 7.80. The summed E-state index contributed by atoms with van der Waals surface area (Å²) in [6.45, 7) is 6.49. The van der Waals surface area contributed by atoms with Crippen LogP contribution in [0.5, 0.6) is 0 Å². The molecule has 1 saturated carbocycles. The standard InChI is InChI=1S/C22H28FNO5S/c1-13-4-9-17-20(2,12-25-19(30)24-15-7-5-14(23)6-8-15)26-18-22(17)16(13)10-11-21(3,27-18)28-29-22/h5-8,13,16-18H,4,9-12H2,1-3H3,(H,24,30)/t13-,16+,17?,18-,20-,21-,22-/m1/s1. The Morgan fingerprint density at radius 2 is 1.93 bits per heavy atom. The minimum atomic E-state index is -0.789. The Kier molecular flexibility index (Phi) is 4.87. The van der Waals surface area contributed by atoms with Gasteiger partial charge >= 0.3 is 0 Å². The topological polar surface area (TPSA) is 58.2 Å². The summed E-state index contributed by atoms with van der Waals surface area (Å²) in [6.07, 6.45) is 3.31. The summed E-state index contributed by atoms with van der Waals surface area (Å²) in [4.78, 5) is 11.9. The van der Waals surface area contributed by atoms with Crippen molar-refractivity contribution in [2.75, 3.05) is 11.9 Å². The van der Waals surface area contributed by atoms with Crippen LogP contribution in [0.15, 0.2) is 24.3 Å². The molecule has 4 aliphatic heterocycles. The maximum absolute atomic E-state index is 13.1. The van der Waals surface area contributed by atoms with E-state index in [1.807, 2.05) is 13.8 Å². The van der Waals surface area contributed by atoms with Gasteiger partial charge in [-0.05, 0) is 81.4 Å². The Labute approximate surface area is 181 Å². The van der Waals surface area contributed by atoms with Gasteiger partial charge in [0, 0.05) is 18.0 Å². The van der Waals surface area contributed by atoms with E-state index in [0.29, 0.717) is 17.5 Å². The number of ether oxygens (including phenoxy) is 3. The fourth-order valence-electron chi connectivity index (χ4n) is 5.84. The molecule has 2 bridgehead atoms. The number of rotatable bonds is 3. The van der Waals surface area contributed by atoms with Gasteiger partial charge in [-0.2, -0.15) is 0 Å². The number of halogens is 1. The van der Waals surface area contributed by atoms with Crippen LogP contribution in [0.2, 0.25) is 0 Å². The molecule has 1 aromatic carbocycles. The fraction of sp³-hybridized carbons (Fsp3) is 0.682. The fourth-order valence-corrected chi connectivity index (χ4v) is 6.02. The molecule has 30 heavy (non-hydrogen) atoms. The molecule has 4 heterocycles. The summed E-state index contributed by atoms with van der Waals surface area (Å²) in [5, 5.41) is 3.20. The van der Waals surface area contributed by atoms with Crippen molar-refractivity contribution in [3.05, 3.63) is 30.1 Å². The van der Waals surface area contributed by atoms with Gasteiger partial charge in [0.15, 0.2) is 11.9 Å². The van der Waals surface area contributed by atoms with Crippen molar-refractivity contribution in [2.45, 2.75) is 69.7 Å². The molecule has 0 aromatic heterocycles. The minimum absolute atomic E-state index is 0.0625. The van der Waals surface area contributed by atoms with Crippen molar-refractivity contribution in [1.29, 1.82) is 0 Å². The number of benzene rings is 1. The quantitative estimate of drug-likeness (QED) is 0.550. The van der Waals surface area contributed by atoms with Crippen LogP contribution in [-0.4, -0.2) is 35.1 Å². The maximum atomic E-state index is 13.1. The summed E-state index contributed by atoms with van der Waals surface area (Å²) in [6, 6.07) is 5.96. The van der Waals surface area contributed by atoms with Crippen molar-refractivity contribution >= 4 is 23.1 Å². The summed E-state index contributed by atoms with van der Waals surface area (Å²) in [5.41, 5.74) is -0.595. The highest BCUT2D eigenvalue weighted by Crippen LogP contribution is 2.63. The third-order valence-corrected chi connectivity index (χ3v) is 7.63. The molecule has 5 fully saturated rings. The number of nitrogens with one attached hydrogen (secondary N) is 1. The van der Waals surface area contributed by atoms with Gasteiger partial charge in [0.05, 0.1) is 0 Å². The smallest absolute Gasteiger partial charge is 0.261 e. The van der Waals surface area contributed by atoms with Gasteiger partial charge in [-0.25, -0.2) is 14.2 Å². The van der Waals surface area contributed by atoms with E-state index in [-0.39, 0.29) is 23.5 Å². The predicted octanol–water partition coefficient (Wildman–Crippen LogP) is 4.54. The SMILES string of the molecule is C[C@@H]1CCC2[C@]34OO[C@](C)(CC[C@@H]13)O[C@H]4O[C@]2(C)COC(=S)Nc1ccc(F)cc1. The second-order valence-corrected chi connectivity index (χ2v) is 9.87. The molecule has 0 radical (unpaired) electrons. The van der Waals surface area contributed by atoms with Gasteiger partial charge in [-0.3, -0.25) is 0 Å². The molecular weight excluding hydrogens is 409 g/mol. The van der Waals surface area contributed by atoms with E-state index >= 15 is 0 Å². The monoisotopic (exact) mass is 437 g/mol. The first-order chi connectivity index (χ1) is 14.2. The van der Waals surface area contributed by atoms with Crippen LogP contribution in [0.25, 0.3) is 0 Å². The average Bonchev–Trinajstić information content (AvgIpc) is 2.79. The molecular formula is C22H28FNO5S. The van der Waals surface area contributed by atoms with Crippen LogP contribution >= 0.6 is 12.2 Å². The second-order valence-electron chi connectivity index (χ2n) is 9.49. The number of hydrogen-bond donors (Lipinski definition) is 1. The first kappa shape index (κ1) is 20.6. The first-order valence-corrected chi connectivity index (χ1v) is 11.1. The number of hydrogen-bond acceptors (Lipinski definition) is 6. The highest BCUT2D eigenvalue weighted by Gasteiger charge is 2.74. The maximum Gasteiger partial charge on any atom is 0.261 e. The van der Waals surface area contributed by atoms with Gasteiger partial charge in [0.25, 0.3) is 5.17 Å². The van der Waals surface area contributed by atoms with Crippen molar-refractivity contribution in [3.63, 3.8) is 0 Å². The molecule has 6 nitrogen and oxygen atoms in total. The number of fused-ring (bicyclic) bond motifs is 2. The molecule has 1 spiro atoms. The molecule has 8 heteroatoms. The van der Waals surface area contributed by atoms with Crippen molar-refractivity contribution in [2.24, 2.45) is 17.8 Å². The minimum Gasteiger partial charge on any atom is -0.468 e. The van der Waals surface area contributed by atoms with Gasteiger partial charge in [-0.1, -0.05) is 6.92 Å². The summed E-state index contributed by atoms with van der Waals surface area (Å²) < 4.78 is 31.8. The zero-order valence-corrected chi connectivity index (χ0v) is 18.3. The molecule has 1 aliphatic carbocycles. The number of anilines is 1. The normalized spacial score (nSPS) is 44.3. The summed E-state index contributed by atoms with van der Waals surface area (Å²) in [7, 11) is 0. The predicted molar refractivity (Wildman–Crippen MR) is 111 cm³/mol. The molecule has 7 atom stereocenters. The molecule has 5 aliphatic rings. The van der Waals surface area contributed by atoms with Gasteiger partial charge in [-0.15, -0.1) is 0 Å². The molecule has 1 unspecified atom stereocenters. The van der Waals surface area contributed by atoms with E-state index in [1.165, 1.54) is 12.1 Å². The van der Waals surface area contributed by atoms with Crippen LogP contribution in [0, 0.1) is 23.6 Å². The molecule has 1 N–H and O–H groups in total. The van der Waals surface area contributed by atoms with Crippen molar-refractivity contribution in [1.82, 2.24) is 0 Å². The molecule has 1 aromatic rings. The lowest BCUT2D eigenvalue weighted by Crippen LogP contribution is -2.62. The molecule has 164 valence electrons. The summed E-state index contributed by atoms with van der Waals surface area (Å²) in [5.74, 6) is -0.221. The molecule has 0 amide bonds. The Morgan fingerprint density at radius 3 is 2.70 bits per heavy atom. The first-order valence-electron chi connectivity index (χ1n) is 10.7. The Morgan fingerprint density at radius 1 is 1.17 bits per heavy atom. The second kappa shape index (κ2) is 7.10. The lowest BCUT2D eigenvalue weighted by molar-refractivity contribution is -0.541. The van der Waals surface area contributed by atoms with Crippen molar-refractivity contribution in [3.8, 4) is 0 Å². The Balaban J connectivity index is 1.34. The zero-order valence-electron chi connectivity index (χ0n) is 17.5. The van der Waals surface area contributed by atoms with E-state index in [1.54, 1.807) is 12.1 Å². The lowest BCUT2D eigenvalue weighted by atomic mass is 9.60. The molecule has 6 rings (SSSR count). The van der Waals surface area contributed by atoms with Crippen LogP contribution < -0.4 is 5.32 Å². The summed E-state index contributed by atoms with van der Waals surface area (Å²) >= 11 is 5.35.